The average Bonchev–Trinajstić information content (AvgIpc) is 2.82. The van der Waals surface area contributed by atoms with Crippen LogP contribution in [0.1, 0.15) is 36.6 Å². The Hall–Kier alpha value is -2.82. The number of hydrogen-bond donors (Lipinski definition) is 2. The number of ether oxygens (including phenoxy) is 1. The first-order chi connectivity index (χ1) is 16.7. The highest BCUT2D eigenvalue weighted by molar-refractivity contribution is 8.14. The van der Waals surface area contributed by atoms with Gasteiger partial charge in [0.2, 0.25) is 0 Å². The summed E-state index contributed by atoms with van der Waals surface area (Å²) in [5.74, 6) is -0.300. The third-order valence-corrected chi connectivity index (χ3v) is 6.29. The molecule has 1 aliphatic heterocycles. The molecule has 0 fully saturated rings. The number of aliphatic hydroxyl groups is 1. The minimum absolute atomic E-state index is 0.142. The standard InChI is InChI=1S/C25H28F3N3O3S/c1-4-34-23(33)21-16(2)31(20-7-5-6-19(14-20)25(26,27)28)24(35-13-12-32)30-22(21)18-10-8-17(9-11-18)15-29-3/h5-11,14,22,29,32H,4,12-13,15H2,1-3H3. The Morgan fingerprint density at radius 3 is 2.54 bits per heavy atom. The van der Waals surface area contributed by atoms with Crippen molar-refractivity contribution in [3.05, 3.63) is 76.5 Å². The number of anilines is 1. The van der Waals surface area contributed by atoms with Crippen molar-refractivity contribution in [2.24, 2.45) is 4.99 Å². The quantitative estimate of drug-likeness (QED) is 0.495. The van der Waals surface area contributed by atoms with E-state index in [0.717, 1.165) is 23.3 Å². The largest absolute Gasteiger partial charge is 0.463 e. The minimum atomic E-state index is -4.53. The van der Waals surface area contributed by atoms with E-state index in [4.69, 9.17) is 9.73 Å². The number of esters is 1. The molecule has 0 spiro atoms. The highest BCUT2D eigenvalue weighted by Gasteiger charge is 2.36. The number of nitrogens with zero attached hydrogens (tertiary/aromatic N) is 2. The molecule has 188 valence electrons. The summed E-state index contributed by atoms with van der Waals surface area (Å²) >= 11 is 1.20. The van der Waals surface area contributed by atoms with E-state index in [1.165, 1.54) is 28.8 Å². The van der Waals surface area contributed by atoms with Gasteiger partial charge in [-0.2, -0.15) is 13.2 Å². The zero-order chi connectivity index (χ0) is 25.6. The van der Waals surface area contributed by atoms with Crippen molar-refractivity contribution in [2.75, 3.05) is 30.9 Å². The van der Waals surface area contributed by atoms with Crippen molar-refractivity contribution in [3.8, 4) is 0 Å². The maximum atomic E-state index is 13.4. The molecule has 0 saturated heterocycles. The van der Waals surface area contributed by atoms with Crippen LogP contribution in [0.15, 0.2) is 64.8 Å². The topological polar surface area (TPSA) is 74.2 Å². The van der Waals surface area contributed by atoms with Gasteiger partial charge in [0.15, 0.2) is 5.17 Å². The van der Waals surface area contributed by atoms with Crippen LogP contribution in [0.3, 0.4) is 0 Å². The van der Waals surface area contributed by atoms with Gasteiger partial charge in [-0.1, -0.05) is 42.1 Å². The van der Waals surface area contributed by atoms with E-state index < -0.39 is 23.8 Å². The number of allylic oxidation sites excluding steroid dienone is 1. The van der Waals surface area contributed by atoms with E-state index in [2.05, 4.69) is 5.32 Å². The number of alkyl halides is 3. The van der Waals surface area contributed by atoms with Gasteiger partial charge >= 0.3 is 12.1 Å². The normalized spacial score (nSPS) is 16.4. The Bertz CT molecular complexity index is 1100. The highest BCUT2D eigenvalue weighted by atomic mass is 32.2. The van der Waals surface area contributed by atoms with Gasteiger partial charge in [-0.3, -0.25) is 4.90 Å². The molecule has 6 nitrogen and oxygen atoms in total. The van der Waals surface area contributed by atoms with Crippen LogP contribution in [0.2, 0.25) is 0 Å². The fraction of sp³-hybridized carbons (Fsp3) is 0.360. The fourth-order valence-electron chi connectivity index (χ4n) is 3.79. The molecule has 10 heteroatoms. The fourth-order valence-corrected chi connectivity index (χ4v) is 4.62. The first-order valence-corrected chi connectivity index (χ1v) is 12.1. The molecule has 2 aromatic rings. The third kappa shape index (κ3) is 6.25. The van der Waals surface area contributed by atoms with Crippen LogP contribution in [0.5, 0.6) is 0 Å². The second-order valence-electron chi connectivity index (χ2n) is 7.76. The maximum absolute atomic E-state index is 13.4. The Morgan fingerprint density at radius 1 is 1.23 bits per heavy atom. The Morgan fingerprint density at radius 2 is 1.94 bits per heavy atom. The SMILES string of the molecule is CCOC(=O)C1=C(C)N(c2cccc(C(F)(F)F)c2)C(SCCO)=NC1c1ccc(CNC)cc1. The van der Waals surface area contributed by atoms with Crippen molar-refractivity contribution in [2.45, 2.75) is 32.6 Å². The van der Waals surface area contributed by atoms with E-state index in [1.807, 2.05) is 31.3 Å². The van der Waals surface area contributed by atoms with Crippen molar-refractivity contribution in [1.82, 2.24) is 5.32 Å². The van der Waals surface area contributed by atoms with Crippen molar-refractivity contribution < 1.29 is 27.8 Å². The Kier molecular flexibility index (Phi) is 8.98. The average molecular weight is 508 g/mol. The summed E-state index contributed by atoms with van der Waals surface area (Å²) in [5, 5.41) is 12.9. The second kappa shape index (κ2) is 11.7. The van der Waals surface area contributed by atoms with Crippen molar-refractivity contribution in [1.29, 1.82) is 0 Å². The van der Waals surface area contributed by atoms with E-state index in [9.17, 15) is 23.1 Å². The molecule has 2 aromatic carbocycles. The van der Waals surface area contributed by atoms with Crippen LogP contribution in [-0.2, 0) is 22.3 Å². The number of hydrogen-bond acceptors (Lipinski definition) is 7. The Balaban J connectivity index is 2.16. The molecule has 3 rings (SSSR count). The molecule has 35 heavy (non-hydrogen) atoms. The lowest BCUT2D eigenvalue weighted by Gasteiger charge is -2.35. The molecule has 0 radical (unpaired) electrons. The summed E-state index contributed by atoms with van der Waals surface area (Å²) < 4.78 is 45.6. The van der Waals surface area contributed by atoms with Crippen LogP contribution < -0.4 is 10.2 Å². The van der Waals surface area contributed by atoms with Gasteiger partial charge in [0.1, 0.15) is 6.04 Å². The molecular formula is C25H28F3N3O3S. The van der Waals surface area contributed by atoms with Crippen LogP contribution in [0.25, 0.3) is 0 Å². The molecule has 1 atom stereocenters. The lowest BCUT2D eigenvalue weighted by molar-refractivity contribution is -0.139. The summed E-state index contributed by atoms with van der Waals surface area (Å²) in [4.78, 5) is 19.4. The van der Waals surface area contributed by atoms with E-state index in [0.29, 0.717) is 17.4 Å². The summed E-state index contributed by atoms with van der Waals surface area (Å²) in [6, 6.07) is 11.8. The van der Waals surface area contributed by atoms with Gasteiger partial charge in [-0.25, -0.2) is 9.79 Å². The first-order valence-electron chi connectivity index (χ1n) is 11.1. The molecule has 0 bridgehead atoms. The predicted octanol–water partition coefficient (Wildman–Crippen LogP) is 4.90. The smallest absolute Gasteiger partial charge is 0.416 e. The van der Waals surface area contributed by atoms with Crippen LogP contribution >= 0.6 is 11.8 Å². The predicted molar refractivity (Wildman–Crippen MR) is 132 cm³/mol. The van der Waals surface area contributed by atoms with E-state index in [1.54, 1.807) is 13.8 Å². The molecule has 0 amide bonds. The maximum Gasteiger partial charge on any atom is 0.416 e. The first kappa shape index (κ1) is 26.8. The molecular weight excluding hydrogens is 479 g/mol. The van der Waals surface area contributed by atoms with Gasteiger partial charge < -0.3 is 15.2 Å². The monoisotopic (exact) mass is 507 g/mol. The molecule has 1 aliphatic rings. The zero-order valence-electron chi connectivity index (χ0n) is 19.7. The van der Waals surface area contributed by atoms with Gasteiger partial charge in [0.25, 0.3) is 0 Å². The van der Waals surface area contributed by atoms with Crippen LogP contribution in [0.4, 0.5) is 18.9 Å². The summed E-state index contributed by atoms with van der Waals surface area (Å²) in [6.07, 6.45) is -4.53. The number of nitrogens with one attached hydrogen (secondary N) is 1. The number of benzene rings is 2. The molecule has 0 aliphatic carbocycles. The lowest BCUT2D eigenvalue weighted by Crippen LogP contribution is -2.35. The Labute approximate surface area is 206 Å². The number of carbonyl (C=O) groups excluding carboxylic acids is 1. The number of rotatable bonds is 8. The lowest BCUT2D eigenvalue weighted by atomic mass is 9.95. The van der Waals surface area contributed by atoms with E-state index >= 15 is 0 Å². The molecule has 0 aromatic heterocycles. The number of aliphatic hydroxyl groups excluding tert-OH is 1. The number of halogens is 3. The minimum Gasteiger partial charge on any atom is -0.463 e. The number of carbonyl (C=O) groups is 1. The second-order valence-corrected chi connectivity index (χ2v) is 8.82. The summed E-state index contributed by atoms with van der Waals surface area (Å²) in [5.41, 5.74) is 1.87. The number of amidine groups is 1. The molecule has 1 unspecified atom stereocenters. The van der Waals surface area contributed by atoms with Crippen molar-refractivity contribution in [3.63, 3.8) is 0 Å². The van der Waals surface area contributed by atoms with Crippen LogP contribution in [0, 0.1) is 0 Å². The van der Waals surface area contributed by atoms with E-state index in [-0.39, 0.29) is 30.2 Å². The van der Waals surface area contributed by atoms with Gasteiger partial charge in [0.05, 0.1) is 24.4 Å². The van der Waals surface area contributed by atoms with Crippen molar-refractivity contribution >= 4 is 28.6 Å². The molecule has 2 N–H and O–H groups in total. The van der Waals surface area contributed by atoms with Gasteiger partial charge in [-0.15, -0.1) is 0 Å². The number of aliphatic imine (C=N–C) groups is 1. The molecule has 0 saturated carbocycles. The zero-order valence-corrected chi connectivity index (χ0v) is 20.5. The highest BCUT2D eigenvalue weighted by Crippen LogP contribution is 2.40. The van der Waals surface area contributed by atoms with Gasteiger partial charge in [-0.05, 0) is 50.2 Å². The number of thioether (sulfide) groups is 1. The van der Waals surface area contributed by atoms with Crippen LogP contribution in [-0.4, -0.2) is 42.3 Å². The summed E-state index contributed by atoms with van der Waals surface area (Å²) in [7, 11) is 1.84. The third-order valence-electron chi connectivity index (χ3n) is 5.36. The summed E-state index contributed by atoms with van der Waals surface area (Å²) in [6.45, 7) is 4.03. The molecule has 1 heterocycles. The van der Waals surface area contributed by atoms with Gasteiger partial charge in [0, 0.05) is 23.7 Å².